The molecule has 19 heteroatoms. The maximum absolute atomic E-state index is 13.0. The Bertz CT molecular complexity index is 1800. The maximum Gasteiger partial charge on any atom is 0.472 e. The van der Waals surface area contributed by atoms with Gasteiger partial charge in [0.15, 0.2) is 12.2 Å². The molecule has 0 bridgehead atoms. The monoisotopic (exact) mass is 1340 g/mol. The zero-order valence-electron chi connectivity index (χ0n) is 59.5. The minimum atomic E-state index is -4.95. The first-order valence-corrected chi connectivity index (χ1v) is 40.2. The van der Waals surface area contributed by atoms with Crippen LogP contribution in [0.3, 0.4) is 0 Å². The molecule has 0 aromatic rings. The molecular formula is C72H140O17P2. The van der Waals surface area contributed by atoms with E-state index < -0.39 is 97.5 Å². The molecule has 0 aromatic heterocycles. The van der Waals surface area contributed by atoms with Crippen LogP contribution in [0.4, 0.5) is 0 Å². The summed E-state index contributed by atoms with van der Waals surface area (Å²) >= 11 is 0. The van der Waals surface area contributed by atoms with Gasteiger partial charge in [0, 0.05) is 25.7 Å². The van der Waals surface area contributed by atoms with Gasteiger partial charge in [0.2, 0.25) is 0 Å². The quantitative estimate of drug-likeness (QED) is 0.0222. The molecule has 0 fully saturated rings. The van der Waals surface area contributed by atoms with Gasteiger partial charge < -0.3 is 33.8 Å². The van der Waals surface area contributed by atoms with E-state index in [1.165, 1.54) is 154 Å². The highest BCUT2D eigenvalue weighted by molar-refractivity contribution is 7.47. The molecule has 0 aliphatic carbocycles. The van der Waals surface area contributed by atoms with Crippen LogP contribution in [0.1, 0.15) is 357 Å². The Morgan fingerprint density at radius 3 is 0.780 bits per heavy atom. The molecule has 0 saturated heterocycles. The Balaban J connectivity index is 5.26. The Hall–Kier alpha value is -1.94. The van der Waals surface area contributed by atoms with Crippen LogP contribution in [0.15, 0.2) is 0 Å². The van der Waals surface area contributed by atoms with Crippen LogP contribution >= 0.6 is 15.6 Å². The lowest BCUT2D eigenvalue weighted by atomic mass is 9.99. The molecule has 0 saturated carbocycles. The molecule has 0 spiro atoms. The van der Waals surface area contributed by atoms with Crippen molar-refractivity contribution in [3.05, 3.63) is 0 Å². The Morgan fingerprint density at radius 1 is 0.308 bits per heavy atom. The molecule has 91 heavy (non-hydrogen) atoms. The lowest BCUT2D eigenvalue weighted by molar-refractivity contribution is -0.161. The second kappa shape index (κ2) is 61.6. The van der Waals surface area contributed by atoms with E-state index >= 15 is 0 Å². The average Bonchev–Trinajstić information content (AvgIpc) is 3.67. The van der Waals surface area contributed by atoms with E-state index in [2.05, 4.69) is 55.4 Å². The number of rotatable bonds is 69. The molecule has 0 aliphatic rings. The Morgan fingerprint density at radius 2 is 0.527 bits per heavy atom. The highest BCUT2D eigenvalue weighted by Crippen LogP contribution is 2.45. The molecular weight excluding hydrogens is 1200 g/mol. The SMILES string of the molecule is CCC(C)CCCCCCCCCCC(=O)O[C@H](COC(=O)CCCCCCCCCC(C)C)COP(=O)(O)OCC(O)COP(=O)(O)OC[C@@H](COC(=O)CCCCCCCCCCCCCCC(C)C)OC(=O)CCCCCCCCCCCCCC(C)C. The van der Waals surface area contributed by atoms with Crippen molar-refractivity contribution in [3.63, 3.8) is 0 Å². The topological polar surface area (TPSA) is 237 Å². The summed E-state index contributed by atoms with van der Waals surface area (Å²) in [6.07, 6.45) is 44.4. The zero-order chi connectivity index (χ0) is 67.5. The van der Waals surface area contributed by atoms with Gasteiger partial charge in [-0.1, -0.05) is 306 Å². The molecule has 3 N–H and O–H groups in total. The number of carbonyl (C=O) groups is 4. The van der Waals surface area contributed by atoms with Crippen LogP contribution in [0.5, 0.6) is 0 Å². The molecule has 0 heterocycles. The molecule has 0 radical (unpaired) electrons. The number of hydrogen-bond donors (Lipinski definition) is 3. The van der Waals surface area contributed by atoms with Gasteiger partial charge in [-0.05, 0) is 49.4 Å². The molecule has 17 nitrogen and oxygen atoms in total. The summed E-state index contributed by atoms with van der Waals surface area (Å²) in [4.78, 5) is 72.6. The number of ether oxygens (including phenoxy) is 4. The minimum absolute atomic E-state index is 0.104. The van der Waals surface area contributed by atoms with Crippen molar-refractivity contribution in [2.75, 3.05) is 39.6 Å². The predicted octanol–water partition coefficient (Wildman–Crippen LogP) is 20.5. The largest absolute Gasteiger partial charge is 0.472 e. The van der Waals surface area contributed by atoms with Crippen molar-refractivity contribution in [3.8, 4) is 0 Å². The predicted molar refractivity (Wildman–Crippen MR) is 367 cm³/mol. The van der Waals surface area contributed by atoms with Gasteiger partial charge in [0.25, 0.3) is 0 Å². The number of unbranched alkanes of at least 4 members (excludes halogenated alkanes) is 34. The number of phosphoric ester groups is 2. The first kappa shape index (κ1) is 89.1. The van der Waals surface area contributed by atoms with Gasteiger partial charge in [-0.2, -0.15) is 0 Å². The van der Waals surface area contributed by atoms with E-state index in [0.717, 1.165) is 114 Å². The average molecular weight is 1340 g/mol. The van der Waals surface area contributed by atoms with Gasteiger partial charge >= 0.3 is 39.5 Å². The second-order valence-electron chi connectivity index (χ2n) is 27.6. The third kappa shape index (κ3) is 65.1. The number of aliphatic hydroxyl groups excluding tert-OH is 1. The lowest BCUT2D eigenvalue weighted by Crippen LogP contribution is -2.30. The summed E-state index contributed by atoms with van der Waals surface area (Å²) in [5, 5.41) is 10.6. The second-order valence-corrected chi connectivity index (χ2v) is 30.6. The van der Waals surface area contributed by atoms with Crippen LogP contribution in [0, 0.1) is 23.7 Å². The van der Waals surface area contributed by atoms with E-state index in [1.54, 1.807) is 0 Å². The van der Waals surface area contributed by atoms with Crippen LogP contribution in [-0.2, 0) is 65.4 Å². The van der Waals surface area contributed by atoms with Gasteiger partial charge in [0.1, 0.15) is 19.3 Å². The molecule has 0 amide bonds. The van der Waals surface area contributed by atoms with Gasteiger partial charge in [-0.3, -0.25) is 37.3 Å². The first-order chi connectivity index (χ1) is 43.6. The molecule has 0 aliphatic heterocycles. The summed E-state index contributed by atoms with van der Waals surface area (Å²) < 4.78 is 68.4. The molecule has 6 atom stereocenters. The molecule has 4 unspecified atom stereocenters. The third-order valence-electron chi connectivity index (χ3n) is 16.9. The van der Waals surface area contributed by atoms with Crippen molar-refractivity contribution in [1.82, 2.24) is 0 Å². The Kier molecular flexibility index (Phi) is 60.3. The standard InChI is InChI=1S/C72H140O17P2/c1-9-65(8)51-43-35-27-21-22-30-39-47-55-72(77)89-68(59-83-70(75)53-45-37-31-23-26-34-42-50-64(6)7)61-87-91(80,81)85-57-66(73)56-84-90(78,79)86-60-67(88-71(76)54-46-38-29-20-16-12-14-18-25-33-41-49-63(4)5)58-82-69(74)52-44-36-28-19-15-11-10-13-17-24-32-40-48-62(2)3/h62-68,73H,9-61H2,1-8H3,(H,78,79)(H,80,81)/t65?,66?,67-,68-/m1/s1. The number of carbonyl (C=O) groups excluding carboxylic acids is 4. The molecule has 540 valence electrons. The number of hydrogen-bond acceptors (Lipinski definition) is 15. The summed E-state index contributed by atoms with van der Waals surface area (Å²) in [6.45, 7) is 14.1. The zero-order valence-corrected chi connectivity index (χ0v) is 61.3. The fourth-order valence-electron chi connectivity index (χ4n) is 10.8. The lowest BCUT2D eigenvalue weighted by Gasteiger charge is -2.21. The first-order valence-electron chi connectivity index (χ1n) is 37.2. The van der Waals surface area contributed by atoms with E-state index in [-0.39, 0.29) is 25.7 Å². The fraction of sp³-hybridized carbons (Fsp3) is 0.944. The van der Waals surface area contributed by atoms with Crippen molar-refractivity contribution < 1.29 is 80.2 Å². The van der Waals surface area contributed by atoms with Crippen molar-refractivity contribution in [1.29, 1.82) is 0 Å². The Labute approximate surface area is 556 Å². The van der Waals surface area contributed by atoms with Crippen molar-refractivity contribution in [2.45, 2.75) is 375 Å². The number of esters is 4. The summed E-state index contributed by atoms with van der Waals surface area (Å²) in [6, 6.07) is 0. The van der Waals surface area contributed by atoms with Crippen LogP contribution < -0.4 is 0 Å². The molecule has 0 rings (SSSR count). The summed E-state index contributed by atoms with van der Waals surface area (Å²) in [5.41, 5.74) is 0. The normalized spacial score (nSPS) is 14.5. The summed E-state index contributed by atoms with van der Waals surface area (Å²) in [5.74, 6) is 0.894. The van der Waals surface area contributed by atoms with Gasteiger partial charge in [-0.15, -0.1) is 0 Å². The van der Waals surface area contributed by atoms with E-state index in [0.29, 0.717) is 31.6 Å². The third-order valence-corrected chi connectivity index (χ3v) is 18.8. The van der Waals surface area contributed by atoms with Crippen LogP contribution in [0.2, 0.25) is 0 Å². The summed E-state index contributed by atoms with van der Waals surface area (Å²) in [7, 11) is -9.91. The number of aliphatic hydroxyl groups is 1. The van der Waals surface area contributed by atoms with E-state index in [4.69, 9.17) is 37.0 Å². The number of phosphoric acid groups is 2. The fourth-order valence-corrected chi connectivity index (χ4v) is 12.4. The highest BCUT2D eigenvalue weighted by Gasteiger charge is 2.30. The van der Waals surface area contributed by atoms with Gasteiger partial charge in [0.05, 0.1) is 26.4 Å². The van der Waals surface area contributed by atoms with Crippen LogP contribution in [-0.4, -0.2) is 96.7 Å². The molecule has 0 aromatic carbocycles. The van der Waals surface area contributed by atoms with E-state index in [9.17, 15) is 43.2 Å². The van der Waals surface area contributed by atoms with Crippen LogP contribution in [0.25, 0.3) is 0 Å². The van der Waals surface area contributed by atoms with Crippen molar-refractivity contribution in [2.24, 2.45) is 23.7 Å². The highest BCUT2D eigenvalue weighted by atomic mass is 31.2. The van der Waals surface area contributed by atoms with Gasteiger partial charge in [-0.25, -0.2) is 9.13 Å². The van der Waals surface area contributed by atoms with E-state index in [1.807, 2.05) is 0 Å². The maximum atomic E-state index is 13.0. The minimum Gasteiger partial charge on any atom is -0.462 e. The van der Waals surface area contributed by atoms with Crippen molar-refractivity contribution >= 4 is 39.5 Å². The smallest absolute Gasteiger partial charge is 0.462 e.